The third kappa shape index (κ3) is 5.77. The van der Waals surface area contributed by atoms with E-state index in [2.05, 4.69) is 31.3 Å². The highest BCUT2D eigenvalue weighted by Gasteiger charge is 2.05. The van der Waals surface area contributed by atoms with E-state index < -0.39 is 0 Å². The largest absolute Gasteiger partial charge is 0.494 e. The van der Waals surface area contributed by atoms with Crippen molar-refractivity contribution < 1.29 is 9.53 Å². The van der Waals surface area contributed by atoms with E-state index in [4.69, 9.17) is 4.74 Å². The molecular weight excluding hydrogens is 238 g/mol. The Labute approximate surface area is 116 Å². The van der Waals surface area contributed by atoms with E-state index in [1.807, 2.05) is 19.9 Å². The van der Waals surface area contributed by atoms with E-state index in [9.17, 15) is 4.79 Å². The van der Waals surface area contributed by atoms with E-state index in [1.165, 1.54) is 5.56 Å². The van der Waals surface area contributed by atoms with Crippen LogP contribution in [0.25, 0.3) is 0 Å². The van der Waals surface area contributed by atoms with Crippen LogP contribution in [-0.2, 0) is 11.2 Å². The Bertz CT molecular complexity index is 413. The molecule has 1 aromatic carbocycles. The molecule has 1 aromatic rings. The van der Waals surface area contributed by atoms with Crippen molar-refractivity contribution in [3.8, 4) is 5.75 Å². The minimum Gasteiger partial charge on any atom is -0.494 e. The van der Waals surface area contributed by atoms with Gasteiger partial charge in [0.05, 0.1) is 6.61 Å². The van der Waals surface area contributed by atoms with Crippen LogP contribution in [-0.4, -0.2) is 19.1 Å². The van der Waals surface area contributed by atoms with Gasteiger partial charge in [0, 0.05) is 13.0 Å². The molecule has 0 aliphatic carbocycles. The minimum absolute atomic E-state index is 0.137. The Kier molecular flexibility index (Phi) is 6.40. The lowest BCUT2D eigenvalue weighted by molar-refractivity contribution is -0.121. The van der Waals surface area contributed by atoms with Crippen LogP contribution in [0.4, 0.5) is 0 Å². The van der Waals surface area contributed by atoms with Crippen LogP contribution >= 0.6 is 0 Å². The lowest BCUT2D eigenvalue weighted by Crippen LogP contribution is -2.26. The van der Waals surface area contributed by atoms with E-state index in [1.54, 1.807) is 0 Å². The molecule has 0 aliphatic heterocycles. The van der Waals surface area contributed by atoms with Gasteiger partial charge in [-0.25, -0.2) is 0 Å². The fourth-order valence-electron chi connectivity index (χ4n) is 1.97. The summed E-state index contributed by atoms with van der Waals surface area (Å²) < 4.78 is 5.51. The van der Waals surface area contributed by atoms with Gasteiger partial charge >= 0.3 is 0 Å². The average Bonchev–Trinajstić information content (AvgIpc) is 2.32. The maximum atomic E-state index is 11.5. The predicted molar refractivity (Wildman–Crippen MR) is 78.5 cm³/mol. The van der Waals surface area contributed by atoms with Gasteiger partial charge in [0.2, 0.25) is 5.91 Å². The van der Waals surface area contributed by atoms with Crippen LogP contribution < -0.4 is 10.1 Å². The molecule has 0 aliphatic rings. The van der Waals surface area contributed by atoms with Gasteiger partial charge in [0.25, 0.3) is 0 Å². The smallest absolute Gasteiger partial charge is 0.220 e. The summed E-state index contributed by atoms with van der Waals surface area (Å²) in [6.45, 7) is 9.51. The predicted octanol–water partition coefficient (Wildman–Crippen LogP) is 3.10. The molecule has 3 heteroatoms. The lowest BCUT2D eigenvalue weighted by atomic mass is 10.1. The lowest BCUT2D eigenvalue weighted by Gasteiger charge is -2.10. The zero-order valence-electron chi connectivity index (χ0n) is 12.5. The highest BCUT2D eigenvalue weighted by Crippen LogP contribution is 2.19. The van der Waals surface area contributed by atoms with Gasteiger partial charge in [-0.15, -0.1) is 0 Å². The van der Waals surface area contributed by atoms with Crippen molar-refractivity contribution in [2.45, 2.75) is 40.5 Å². The van der Waals surface area contributed by atoms with Gasteiger partial charge < -0.3 is 10.1 Å². The van der Waals surface area contributed by atoms with Crippen molar-refractivity contribution in [3.63, 3.8) is 0 Å². The normalized spacial score (nSPS) is 10.6. The number of aryl methyl sites for hydroxylation is 1. The van der Waals surface area contributed by atoms with Gasteiger partial charge in [-0.1, -0.05) is 26.0 Å². The van der Waals surface area contributed by atoms with Crippen LogP contribution in [0.5, 0.6) is 5.75 Å². The van der Waals surface area contributed by atoms with Crippen molar-refractivity contribution in [3.05, 3.63) is 29.3 Å². The number of hydrogen-bond donors (Lipinski definition) is 1. The van der Waals surface area contributed by atoms with Crippen molar-refractivity contribution in [2.24, 2.45) is 5.92 Å². The second kappa shape index (κ2) is 7.82. The molecule has 0 saturated carbocycles. The molecule has 0 spiro atoms. The number of nitrogens with one attached hydrogen (secondary N) is 1. The Morgan fingerprint density at radius 1 is 1.37 bits per heavy atom. The molecule has 3 nitrogen and oxygen atoms in total. The molecule has 0 unspecified atom stereocenters. The maximum Gasteiger partial charge on any atom is 0.220 e. The second-order valence-corrected chi connectivity index (χ2v) is 5.23. The molecule has 0 fully saturated rings. The highest BCUT2D eigenvalue weighted by molar-refractivity contribution is 5.76. The zero-order valence-corrected chi connectivity index (χ0v) is 12.5. The molecular formula is C16H25NO2. The molecule has 0 saturated heterocycles. The van der Waals surface area contributed by atoms with Crippen LogP contribution in [0, 0.1) is 12.8 Å². The number of benzene rings is 1. The number of carbonyl (C=O) groups excluding carboxylic acids is 1. The second-order valence-electron chi connectivity index (χ2n) is 5.23. The van der Waals surface area contributed by atoms with Crippen molar-refractivity contribution in [2.75, 3.05) is 13.2 Å². The molecule has 0 aromatic heterocycles. The SMILES string of the molecule is CCOc1ccc(CCNC(=O)CC(C)C)cc1C. The Morgan fingerprint density at radius 2 is 2.11 bits per heavy atom. The molecule has 1 rings (SSSR count). The monoisotopic (exact) mass is 263 g/mol. The summed E-state index contributed by atoms with van der Waals surface area (Å²) in [7, 11) is 0. The van der Waals surface area contributed by atoms with Crippen molar-refractivity contribution in [1.82, 2.24) is 5.32 Å². The third-order valence-corrected chi connectivity index (χ3v) is 2.87. The fraction of sp³-hybridized carbons (Fsp3) is 0.562. The van der Waals surface area contributed by atoms with Gasteiger partial charge in [0.1, 0.15) is 5.75 Å². The summed E-state index contributed by atoms with van der Waals surface area (Å²) in [5.41, 5.74) is 2.37. The van der Waals surface area contributed by atoms with Gasteiger partial charge in [-0.05, 0) is 43.4 Å². The van der Waals surface area contributed by atoms with Gasteiger partial charge in [0.15, 0.2) is 0 Å². The summed E-state index contributed by atoms with van der Waals surface area (Å²) in [5, 5.41) is 2.95. The topological polar surface area (TPSA) is 38.3 Å². The van der Waals surface area contributed by atoms with Crippen molar-refractivity contribution >= 4 is 5.91 Å². The van der Waals surface area contributed by atoms with Gasteiger partial charge in [-0.3, -0.25) is 4.79 Å². The molecule has 0 atom stereocenters. The van der Waals surface area contributed by atoms with E-state index in [0.29, 0.717) is 25.5 Å². The molecule has 1 amide bonds. The van der Waals surface area contributed by atoms with Gasteiger partial charge in [-0.2, -0.15) is 0 Å². The quantitative estimate of drug-likeness (QED) is 0.821. The van der Waals surface area contributed by atoms with E-state index in [0.717, 1.165) is 17.7 Å². The number of amides is 1. The average molecular weight is 263 g/mol. The maximum absolute atomic E-state index is 11.5. The fourth-order valence-corrected chi connectivity index (χ4v) is 1.97. The number of carbonyl (C=O) groups is 1. The summed E-state index contributed by atoms with van der Waals surface area (Å²) in [6.07, 6.45) is 1.46. The zero-order chi connectivity index (χ0) is 14.3. The van der Waals surface area contributed by atoms with Crippen LogP contribution in [0.15, 0.2) is 18.2 Å². The Morgan fingerprint density at radius 3 is 2.68 bits per heavy atom. The number of ether oxygens (including phenoxy) is 1. The molecule has 106 valence electrons. The summed E-state index contributed by atoms with van der Waals surface area (Å²) in [4.78, 5) is 11.5. The first-order chi connectivity index (χ1) is 9.02. The van der Waals surface area contributed by atoms with Crippen molar-refractivity contribution in [1.29, 1.82) is 0 Å². The molecule has 0 heterocycles. The van der Waals surface area contributed by atoms with Crippen LogP contribution in [0.3, 0.4) is 0 Å². The summed E-state index contributed by atoms with van der Waals surface area (Å²) >= 11 is 0. The summed E-state index contributed by atoms with van der Waals surface area (Å²) in [5.74, 6) is 1.49. The first-order valence-electron chi connectivity index (χ1n) is 7.02. The first-order valence-corrected chi connectivity index (χ1v) is 7.02. The first kappa shape index (κ1) is 15.5. The van der Waals surface area contributed by atoms with E-state index >= 15 is 0 Å². The van der Waals surface area contributed by atoms with Crippen LogP contribution in [0.2, 0.25) is 0 Å². The third-order valence-electron chi connectivity index (χ3n) is 2.87. The Balaban J connectivity index is 2.41. The Hall–Kier alpha value is -1.51. The van der Waals surface area contributed by atoms with Crippen LogP contribution in [0.1, 0.15) is 38.3 Å². The molecule has 19 heavy (non-hydrogen) atoms. The highest BCUT2D eigenvalue weighted by atomic mass is 16.5. The number of rotatable bonds is 7. The van der Waals surface area contributed by atoms with E-state index in [-0.39, 0.29) is 5.91 Å². The number of hydrogen-bond acceptors (Lipinski definition) is 2. The standard InChI is InChI=1S/C16H25NO2/c1-5-19-15-7-6-14(11-13(15)4)8-9-17-16(18)10-12(2)3/h6-7,11-12H,5,8-10H2,1-4H3,(H,17,18). The minimum atomic E-state index is 0.137. The molecule has 0 bridgehead atoms. The summed E-state index contributed by atoms with van der Waals surface area (Å²) in [6, 6.07) is 6.19. The molecule has 1 N–H and O–H groups in total. The molecule has 0 radical (unpaired) electrons.